The van der Waals surface area contributed by atoms with Gasteiger partial charge in [0.25, 0.3) is 0 Å². The average Bonchev–Trinajstić information content (AvgIpc) is 2.69. The third kappa shape index (κ3) is 3.67. The Balaban J connectivity index is 1.80. The summed E-state index contributed by atoms with van der Waals surface area (Å²) >= 11 is 0. The molecule has 1 N–H and O–H groups in total. The third-order valence-electron chi connectivity index (χ3n) is 5.03. The van der Waals surface area contributed by atoms with Gasteiger partial charge in [-0.05, 0) is 44.7 Å². The van der Waals surface area contributed by atoms with Crippen LogP contribution in [0.3, 0.4) is 0 Å². The van der Waals surface area contributed by atoms with Crippen molar-refractivity contribution in [1.29, 1.82) is 0 Å². The van der Waals surface area contributed by atoms with Gasteiger partial charge in [-0.1, -0.05) is 0 Å². The van der Waals surface area contributed by atoms with Crippen LogP contribution in [0.15, 0.2) is 24.5 Å². The smallest absolute Gasteiger partial charge is 0.334 e. The van der Waals surface area contributed by atoms with Gasteiger partial charge in [0.05, 0.1) is 7.11 Å². The SMILES string of the molecule is COC(=O)C(O)C1CCN(c2nc(-c3ccncc3)nc(C)c2C)CC1. The fraction of sp³-hybridized carbons (Fsp3) is 0.474. The summed E-state index contributed by atoms with van der Waals surface area (Å²) in [7, 11) is 1.30. The molecule has 1 atom stereocenters. The Bertz CT molecular complexity index is 774. The summed E-state index contributed by atoms with van der Waals surface area (Å²) in [5.41, 5.74) is 2.92. The molecule has 0 bridgehead atoms. The van der Waals surface area contributed by atoms with Gasteiger partial charge in [0.15, 0.2) is 11.9 Å². The third-order valence-corrected chi connectivity index (χ3v) is 5.03. The minimum Gasteiger partial charge on any atom is -0.467 e. The second-order valence-electron chi connectivity index (χ2n) is 6.61. The van der Waals surface area contributed by atoms with Gasteiger partial charge in [-0.3, -0.25) is 4.98 Å². The van der Waals surface area contributed by atoms with E-state index in [-0.39, 0.29) is 5.92 Å². The molecule has 0 saturated carbocycles. The topological polar surface area (TPSA) is 88.4 Å². The molecular weight excluding hydrogens is 332 g/mol. The van der Waals surface area contributed by atoms with Crippen molar-refractivity contribution < 1.29 is 14.6 Å². The Hall–Kier alpha value is -2.54. The van der Waals surface area contributed by atoms with Crippen LogP contribution in [0, 0.1) is 19.8 Å². The normalized spacial score (nSPS) is 16.4. The highest BCUT2D eigenvalue weighted by molar-refractivity contribution is 5.74. The van der Waals surface area contributed by atoms with Gasteiger partial charge in [-0.2, -0.15) is 0 Å². The number of methoxy groups -OCH3 is 1. The van der Waals surface area contributed by atoms with E-state index < -0.39 is 12.1 Å². The number of ether oxygens (including phenoxy) is 1. The zero-order valence-electron chi connectivity index (χ0n) is 15.3. The van der Waals surface area contributed by atoms with Crippen LogP contribution in [0.25, 0.3) is 11.4 Å². The lowest BCUT2D eigenvalue weighted by atomic mass is 9.91. The van der Waals surface area contributed by atoms with Crippen LogP contribution >= 0.6 is 0 Å². The van der Waals surface area contributed by atoms with E-state index in [9.17, 15) is 9.90 Å². The summed E-state index contributed by atoms with van der Waals surface area (Å²) in [6.45, 7) is 5.47. The lowest BCUT2D eigenvalue weighted by Gasteiger charge is -2.35. The highest BCUT2D eigenvalue weighted by Gasteiger charge is 2.31. The van der Waals surface area contributed by atoms with Crippen LogP contribution in [0.4, 0.5) is 5.82 Å². The van der Waals surface area contributed by atoms with E-state index in [1.165, 1.54) is 7.11 Å². The summed E-state index contributed by atoms with van der Waals surface area (Å²) in [6.07, 6.45) is 3.83. The predicted octanol–water partition coefficient (Wildman–Crippen LogP) is 1.91. The first-order valence-electron chi connectivity index (χ1n) is 8.77. The average molecular weight is 356 g/mol. The van der Waals surface area contributed by atoms with E-state index in [2.05, 4.69) is 19.6 Å². The maximum Gasteiger partial charge on any atom is 0.334 e. The van der Waals surface area contributed by atoms with E-state index in [1.807, 2.05) is 26.0 Å². The molecule has 0 spiro atoms. The number of nitrogens with zero attached hydrogens (tertiary/aromatic N) is 4. The van der Waals surface area contributed by atoms with E-state index in [1.54, 1.807) is 12.4 Å². The number of anilines is 1. The second kappa shape index (κ2) is 7.78. The molecule has 2 aromatic heterocycles. The molecule has 1 aliphatic rings. The van der Waals surface area contributed by atoms with Crippen molar-refractivity contribution in [2.45, 2.75) is 32.8 Å². The van der Waals surface area contributed by atoms with Crippen LogP contribution in [0.2, 0.25) is 0 Å². The Morgan fingerprint density at radius 2 is 1.88 bits per heavy atom. The van der Waals surface area contributed by atoms with Gasteiger partial charge >= 0.3 is 5.97 Å². The minimum absolute atomic E-state index is 0.0818. The van der Waals surface area contributed by atoms with Crippen molar-refractivity contribution in [2.75, 3.05) is 25.1 Å². The quantitative estimate of drug-likeness (QED) is 0.837. The second-order valence-corrected chi connectivity index (χ2v) is 6.61. The molecule has 0 aromatic carbocycles. The molecule has 1 unspecified atom stereocenters. The van der Waals surface area contributed by atoms with Gasteiger partial charge < -0.3 is 14.7 Å². The lowest BCUT2D eigenvalue weighted by Crippen LogP contribution is -2.41. The van der Waals surface area contributed by atoms with Crippen molar-refractivity contribution in [1.82, 2.24) is 15.0 Å². The van der Waals surface area contributed by atoms with Crippen LogP contribution in [0.1, 0.15) is 24.1 Å². The highest BCUT2D eigenvalue weighted by atomic mass is 16.5. The molecule has 138 valence electrons. The zero-order valence-corrected chi connectivity index (χ0v) is 15.3. The van der Waals surface area contributed by atoms with Crippen molar-refractivity contribution in [3.05, 3.63) is 35.8 Å². The van der Waals surface area contributed by atoms with E-state index in [4.69, 9.17) is 4.98 Å². The molecule has 1 aliphatic heterocycles. The van der Waals surface area contributed by atoms with E-state index in [0.29, 0.717) is 18.7 Å². The molecule has 1 saturated heterocycles. The first-order valence-corrected chi connectivity index (χ1v) is 8.77. The molecule has 3 rings (SSSR count). The molecule has 1 fully saturated rings. The Morgan fingerprint density at radius 1 is 1.23 bits per heavy atom. The first-order chi connectivity index (χ1) is 12.5. The number of aliphatic hydroxyl groups excluding tert-OH is 1. The summed E-state index contributed by atoms with van der Waals surface area (Å²) in [5.74, 6) is 0.955. The van der Waals surface area contributed by atoms with Crippen molar-refractivity contribution in [3.8, 4) is 11.4 Å². The fourth-order valence-electron chi connectivity index (χ4n) is 3.29. The number of pyridine rings is 1. The Kier molecular flexibility index (Phi) is 5.46. The number of aliphatic hydroxyl groups is 1. The maximum atomic E-state index is 11.6. The number of aryl methyl sites for hydroxylation is 1. The van der Waals surface area contributed by atoms with Crippen LogP contribution in [0.5, 0.6) is 0 Å². The van der Waals surface area contributed by atoms with Gasteiger partial charge in [0, 0.05) is 42.3 Å². The largest absolute Gasteiger partial charge is 0.467 e. The number of piperidine rings is 1. The summed E-state index contributed by atoms with van der Waals surface area (Å²) in [5, 5.41) is 10.1. The van der Waals surface area contributed by atoms with Crippen LogP contribution in [-0.2, 0) is 9.53 Å². The number of carbonyl (C=O) groups is 1. The van der Waals surface area contributed by atoms with E-state index in [0.717, 1.165) is 35.7 Å². The molecule has 2 aromatic rings. The highest BCUT2D eigenvalue weighted by Crippen LogP contribution is 2.29. The Morgan fingerprint density at radius 3 is 2.50 bits per heavy atom. The molecule has 3 heterocycles. The number of rotatable bonds is 4. The minimum atomic E-state index is -1.05. The first kappa shape index (κ1) is 18.3. The fourth-order valence-corrected chi connectivity index (χ4v) is 3.29. The van der Waals surface area contributed by atoms with Crippen LogP contribution < -0.4 is 4.90 Å². The number of carbonyl (C=O) groups excluding carboxylic acids is 1. The molecule has 0 radical (unpaired) electrons. The van der Waals surface area contributed by atoms with Crippen molar-refractivity contribution in [2.24, 2.45) is 5.92 Å². The monoisotopic (exact) mass is 356 g/mol. The summed E-state index contributed by atoms with van der Waals surface area (Å²) < 4.78 is 4.65. The number of hydrogen-bond donors (Lipinski definition) is 1. The van der Waals surface area contributed by atoms with Crippen molar-refractivity contribution in [3.63, 3.8) is 0 Å². The summed E-state index contributed by atoms with van der Waals surface area (Å²) in [4.78, 5) is 27.2. The van der Waals surface area contributed by atoms with Gasteiger partial charge in [0.1, 0.15) is 5.82 Å². The van der Waals surface area contributed by atoms with E-state index >= 15 is 0 Å². The van der Waals surface area contributed by atoms with Crippen LogP contribution in [-0.4, -0.2) is 52.3 Å². The molecule has 7 nitrogen and oxygen atoms in total. The maximum absolute atomic E-state index is 11.6. The summed E-state index contributed by atoms with van der Waals surface area (Å²) in [6, 6.07) is 3.79. The number of esters is 1. The number of aromatic nitrogens is 3. The predicted molar refractivity (Wildman–Crippen MR) is 97.7 cm³/mol. The lowest BCUT2D eigenvalue weighted by molar-refractivity contribution is -0.153. The number of hydrogen-bond acceptors (Lipinski definition) is 7. The molecular formula is C19H24N4O3. The van der Waals surface area contributed by atoms with Gasteiger partial charge in [-0.15, -0.1) is 0 Å². The molecule has 0 aliphatic carbocycles. The molecule has 7 heteroatoms. The standard InChI is InChI=1S/C19H24N4O3/c1-12-13(2)21-17(15-4-8-20-9-5-15)22-18(12)23-10-6-14(7-11-23)16(24)19(25)26-3/h4-5,8-9,14,16,24H,6-7,10-11H2,1-3H3. The Labute approximate surface area is 153 Å². The van der Waals surface area contributed by atoms with Gasteiger partial charge in [0.2, 0.25) is 0 Å². The molecule has 0 amide bonds. The van der Waals surface area contributed by atoms with Gasteiger partial charge in [-0.25, -0.2) is 14.8 Å². The van der Waals surface area contributed by atoms with Crippen molar-refractivity contribution >= 4 is 11.8 Å². The molecule has 26 heavy (non-hydrogen) atoms. The zero-order chi connectivity index (χ0) is 18.7.